The molecule has 6 heteroatoms. The van der Waals surface area contributed by atoms with Gasteiger partial charge in [-0.05, 0) is 56.9 Å². The second kappa shape index (κ2) is 5.82. The van der Waals surface area contributed by atoms with Gasteiger partial charge in [0.15, 0.2) is 5.78 Å². The van der Waals surface area contributed by atoms with Crippen LogP contribution in [0, 0.1) is 12.3 Å². The average Bonchev–Trinajstić information content (AvgIpc) is 3.25. The minimum atomic E-state index is -0.789. The van der Waals surface area contributed by atoms with Crippen LogP contribution in [0.25, 0.3) is 0 Å². The second-order valence-corrected chi connectivity index (χ2v) is 7.25. The zero-order valence-electron chi connectivity index (χ0n) is 13.8. The van der Waals surface area contributed by atoms with Crippen molar-refractivity contribution in [2.45, 2.75) is 57.0 Å². The Hall–Kier alpha value is -1.56. The van der Waals surface area contributed by atoms with E-state index in [2.05, 4.69) is 12.0 Å². The number of hydrogen-bond acceptors (Lipinski definition) is 4. The predicted molar refractivity (Wildman–Crippen MR) is 88.8 cm³/mol. The molecule has 1 heterocycles. The Bertz CT molecular complexity index is 701. The normalized spacial score (nSPS) is 22.8. The van der Waals surface area contributed by atoms with Crippen LogP contribution in [-0.2, 0) is 16.1 Å². The first-order chi connectivity index (χ1) is 10.9. The van der Waals surface area contributed by atoms with Gasteiger partial charge in [-0.25, -0.2) is 0 Å². The molecule has 3 rings (SSSR count). The molecule has 1 saturated carbocycles. The number of ketones is 1. The third kappa shape index (κ3) is 2.63. The summed E-state index contributed by atoms with van der Waals surface area (Å²) in [5.74, 6) is -0.704. The number of thioether (sulfide) groups is 1. The third-order valence-corrected chi connectivity index (χ3v) is 5.87. The number of carboxylic acid groups (broad SMARTS) is 1. The van der Waals surface area contributed by atoms with E-state index in [0.29, 0.717) is 25.7 Å². The second-order valence-electron chi connectivity index (χ2n) is 6.45. The highest BCUT2D eigenvalue weighted by atomic mass is 32.2. The van der Waals surface area contributed by atoms with Crippen LogP contribution in [0.2, 0.25) is 0 Å². The van der Waals surface area contributed by atoms with E-state index in [1.807, 2.05) is 17.9 Å². The summed E-state index contributed by atoms with van der Waals surface area (Å²) < 4.78 is 1.97. The zero-order chi connectivity index (χ0) is 16.8. The number of carboxylic acids is 1. The zero-order valence-corrected chi connectivity index (χ0v) is 14.6. The Morgan fingerprint density at radius 2 is 2.17 bits per heavy atom. The van der Waals surface area contributed by atoms with Gasteiger partial charge < -0.3 is 5.11 Å². The van der Waals surface area contributed by atoms with E-state index >= 15 is 0 Å². The summed E-state index contributed by atoms with van der Waals surface area (Å²) in [6.45, 7) is 4.82. The Balaban J connectivity index is 1.97. The number of aromatic nitrogens is 2. The summed E-state index contributed by atoms with van der Waals surface area (Å²) in [4.78, 5) is 23.8. The van der Waals surface area contributed by atoms with Gasteiger partial charge in [0.1, 0.15) is 0 Å². The number of carbonyl (C=O) groups is 2. The monoisotopic (exact) mass is 334 g/mol. The molecule has 1 unspecified atom stereocenters. The fraction of sp³-hybridized carbons (Fsp3) is 0.588. The molecule has 0 radical (unpaired) electrons. The van der Waals surface area contributed by atoms with Gasteiger partial charge in [-0.3, -0.25) is 14.3 Å². The number of rotatable bonds is 5. The highest BCUT2D eigenvalue weighted by Gasteiger charge is 2.54. The summed E-state index contributed by atoms with van der Waals surface area (Å²) in [7, 11) is 0. The molecule has 1 fully saturated rings. The van der Waals surface area contributed by atoms with Crippen molar-refractivity contribution in [1.82, 2.24) is 9.78 Å². The molecule has 0 saturated heterocycles. The number of carbonyl (C=O) groups excluding carboxylic acids is 1. The van der Waals surface area contributed by atoms with Crippen LogP contribution in [0.1, 0.15) is 49.8 Å². The molecular weight excluding hydrogens is 312 g/mol. The molecule has 0 aromatic carbocycles. The maximum atomic E-state index is 12.2. The van der Waals surface area contributed by atoms with Gasteiger partial charge in [-0.1, -0.05) is 0 Å². The largest absolute Gasteiger partial charge is 0.481 e. The molecule has 1 N–H and O–H groups in total. The van der Waals surface area contributed by atoms with Gasteiger partial charge in [0.2, 0.25) is 0 Å². The molecular formula is C17H22N2O3S. The van der Waals surface area contributed by atoms with E-state index in [1.54, 1.807) is 17.8 Å². The molecule has 0 bridgehead atoms. The molecule has 0 spiro atoms. The lowest BCUT2D eigenvalue weighted by molar-refractivity contribution is -0.141. The fourth-order valence-electron chi connectivity index (χ4n) is 3.70. The van der Waals surface area contributed by atoms with Gasteiger partial charge >= 0.3 is 5.97 Å². The van der Waals surface area contributed by atoms with Crippen LogP contribution in [0.3, 0.4) is 0 Å². The van der Waals surface area contributed by atoms with E-state index in [-0.39, 0.29) is 11.7 Å². The van der Waals surface area contributed by atoms with Gasteiger partial charge in [0.05, 0.1) is 16.1 Å². The molecule has 1 atom stereocenters. The minimum Gasteiger partial charge on any atom is -0.481 e. The minimum absolute atomic E-state index is 0.0412. The van der Waals surface area contributed by atoms with Crippen LogP contribution in [0.15, 0.2) is 16.7 Å². The molecule has 2 aliphatic carbocycles. The standard InChI is InChI=1S/C17H22N2O3S/c1-4-19-15(23-3)14(10(2)18-19)11-7-12(9-13(20)8-11)17(5-6-17)16(21)22/h9,11H,4-8H2,1-3H3,(H,21,22). The van der Waals surface area contributed by atoms with Gasteiger partial charge in [0, 0.05) is 18.5 Å². The van der Waals surface area contributed by atoms with Crippen LogP contribution in [0.4, 0.5) is 0 Å². The number of allylic oxidation sites excluding steroid dienone is 1. The average molecular weight is 334 g/mol. The van der Waals surface area contributed by atoms with Crippen molar-refractivity contribution in [2.24, 2.45) is 5.41 Å². The first-order valence-corrected chi connectivity index (χ1v) is 9.24. The molecule has 0 aliphatic heterocycles. The fourth-order valence-corrected chi connectivity index (χ4v) is 4.62. The van der Waals surface area contributed by atoms with Crippen molar-refractivity contribution >= 4 is 23.5 Å². The lowest BCUT2D eigenvalue weighted by atomic mass is 9.77. The summed E-state index contributed by atoms with van der Waals surface area (Å²) in [6.07, 6.45) is 6.02. The van der Waals surface area contributed by atoms with Gasteiger partial charge in [0.25, 0.3) is 0 Å². The van der Waals surface area contributed by atoms with Crippen LogP contribution >= 0.6 is 11.8 Å². The summed E-state index contributed by atoms with van der Waals surface area (Å²) >= 11 is 1.65. The molecule has 1 aromatic rings. The maximum Gasteiger partial charge on any atom is 0.313 e. The molecule has 124 valence electrons. The Morgan fingerprint density at radius 3 is 2.70 bits per heavy atom. The SMILES string of the molecule is CCn1nc(C)c(C2CC(=O)C=C(C3(C(=O)O)CC3)C2)c1SC. The third-order valence-electron chi connectivity index (χ3n) is 5.05. The Kier molecular flexibility index (Phi) is 4.12. The van der Waals surface area contributed by atoms with E-state index < -0.39 is 11.4 Å². The van der Waals surface area contributed by atoms with Crippen molar-refractivity contribution in [3.8, 4) is 0 Å². The summed E-state index contributed by atoms with van der Waals surface area (Å²) in [5, 5.41) is 15.2. The smallest absolute Gasteiger partial charge is 0.313 e. The molecule has 23 heavy (non-hydrogen) atoms. The first-order valence-electron chi connectivity index (χ1n) is 8.01. The van der Waals surface area contributed by atoms with E-state index in [9.17, 15) is 14.7 Å². The maximum absolute atomic E-state index is 12.2. The summed E-state index contributed by atoms with van der Waals surface area (Å²) in [6, 6.07) is 0. The van der Waals surface area contributed by atoms with E-state index in [0.717, 1.165) is 28.4 Å². The van der Waals surface area contributed by atoms with Crippen molar-refractivity contribution in [3.63, 3.8) is 0 Å². The van der Waals surface area contributed by atoms with E-state index in [4.69, 9.17) is 0 Å². The number of hydrogen-bond donors (Lipinski definition) is 1. The van der Waals surface area contributed by atoms with Crippen LogP contribution in [-0.4, -0.2) is 32.9 Å². The molecule has 2 aliphatic rings. The van der Waals surface area contributed by atoms with Crippen LogP contribution < -0.4 is 0 Å². The van der Waals surface area contributed by atoms with Crippen molar-refractivity contribution in [1.29, 1.82) is 0 Å². The van der Waals surface area contributed by atoms with E-state index in [1.165, 1.54) is 0 Å². The number of aliphatic carboxylic acids is 1. The predicted octanol–water partition coefficient (Wildman–Crippen LogP) is 3.17. The number of nitrogens with zero attached hydrogens (tertiary/aromatic N) is 2. The van der Waals surface area contributed by atoms with Gasteiger partial charge in [-0.2, -0.15) is 5.10 Å². The lowest BCUT2D eigenvalue weighted by Gasteiger charge is -2.26. The van der Waals surface area contributed by atoms with Crippen molar-refractivity contribution in [3.05, 3.63) is 22.9 Å². The topological polar surface area (TPSA) is 72.2 Å². The Morgan fingerprint density at radius 1 is 1.48 bits per heavy atom. The first kappa shape index (κ1) is 16.3. The summed E-state index contributed by atoms with van der Waals surface area (Å²) in [5.41, 5.74) is 2.11. The molecule has 1 aromatic heterocycles. The van der Waals surface area contributed by atoms with Crippen molar-refractivity contribution in [2.75, 3.05) is 6.26 Å². The molecule has 5 nitrogen and oxygen atoms in total. The molecule has 0 amide bonds. The highest BCUT2D eigenvalue weighted by molar-refractivity contribution is 7.98. The Labute approximate surface area is 140 Å². The van der Waals surface area contributed by atoms with Crippen LogP contribution in [0.5, 0.6) is 0 Å². The quantitative estimate of drug-likeness (QED) is 0.837. The highest BCUT2D eigenvalue weighted by Crippen LogP contribution is 2.56. The van der Waals surface area contributed by atoms with Crippen molar-refractivity contribution < 1.29 is 14.7 Å². The lowest BCUT2D eigenvalue weighted by Crippen LogP contribution is -2.24. The number of aryl methyl sites for hydroxylation is 2. The van der Waals surface area contributed by atoms with Gasteiger partial charge in [-0.15, -0.1) is 11.8 Å².